The number of anilines is 2. The van der Waals surface area contributed by atoms with Crippen LogP contribution in [0.25, 0.3) is 0 Å². The van der Waals surface area contributed by atoms with Crippen LogP contribution in [0.3, 0.4) is 0 Å². The standard InChI is InChI=1S/C13H10ClFN4/c1-2-12-18-11(14)6-13(19-12)17-10-4-3-8(7-16)5-9(10)15/h3-6H,2H2,1H3,(H,17,18,19). The summed E-state index contributed by atoms with van der Waals surface area (Å²) in [6.45, 7) is 1.90. The largest absolute Gasteiger partial charge is 0.338 e. The topological polar surface area (TPSA) is 61.6 Å². The van der Waals surface area contributed by atoms with Gasteiger partial charge in [0, 0.05) is 12.5 Å². The van der Waals surface area contributed by atoms with E-state index >= 15 is 0 Å². The zero-order chi connectivity index (χ0) is 13.8. The predicted molar refractivity (Wildman–Crippen MR) is 70.8 cm³/mol. The van der Waals surface area contributed by atoms with Gasteiger partial charge in [-0.3, -0.25) is 0 Å². The Bertz CT molecular complexity index is 652. The highest BCUT2D eigenvalue weighted by Crippen LogP contribution is 2.21. The minimum Gasteiger partial charge on any atom is -0.338 e. The number of rotatable bonds is 3. The minimum atomic E-state index is -0.521. The molecule has 0 aliphatic carbocycles. The lowest BCUT2D eigenvalue weighted by molar-refractivity contribution is 0.631. The van der Waals surface area contributed by atoms with Gasteiger partial charge in [0.1, 0.15) is 22.6 Å². The van der Waals surface area contributed by atoms with Crippen molar-refractivity contribution in [2.24, 2.45) is 0 Å². The molecule has 1 heterocycles. The van der Waals surface area contributed by atoms with Crippen LogP contribution >= 0.6 is 11.6 Å². The van der Waals surface area contributed by atoms with Crippen LogP contribution in [0.1, 0.15) is 18.3 Å². The maximum absolute atomic E-state index is 13.7. The highest BCUT2D eigenvalue weighted by molar-refractivity contribution is 6.29. The second-order valence-corrected chi connectivity index (χ2v) is 4.16. The Kier molecular flexibility index (Phi) is 3.93. The molecule has 1 aromatic carbocycles. The summed E-state index contributed by atoms with van der Waals surface area (Å²) >= 11 is 5.85. The van der Waals surface area contributed by atoms with Gasteiger partial charge in [-0.25, -0.2) is 14.4 Å². The molecule has 0 radical (unpaired) electrons. The molecule has 0 aliphatic rings. The van der Waals surface area contributed by atoms with Crippen LogP contribution in [0.2, 0.25) is 5.15 Å². The second kappa shape index (κ2) is 5.63. The fraction of sp³-hybridized carbons (Fsp3) is 0.154. The average Bonchev–Trinajstić information content (AvgIpc) is 2.40. The van der Waals surface area contributed by atoms with Crippen molar-refractivity contribution in [2.75, 3.05) is 5.32 Å². The summed E-state index contributed by atoms with van der Waals surface area (Å²) in [6.07, 6.45) is 0.630. The van der Waals surface area contributed by atoms with E-state index in [0.29, 0.717) is 23.2 Å². The maximum Gasteiger partial charge on any atom is 0.147 e. The van der Waals surface area contributed by atoms with E-state index in [-0.39, 0.29) is 11.3 Å². The first kappa shape index (κ1) is 13.2. The van der Waals surface area contributed by atoms with Crippen LogP contribution in [0, 0.1) is 17.1 Å². The number of aromatic nitrogens is 2. The van der Waals surface area contributed by atoms with Crippen molar-refractivity contribution in [1.82, 2.24) is 9.97 Å². The number of nitriles is 1. The van der Waals surface area contributed by atoms with E-state index in [9.17, 15) is 4.39 Å². The Morgan fingerprint density at radius 3 is 2.79 bits per heavy atom. The predicted octanol–water partition coefficient (Wildman–Crippen LogP) is 3.45. The third-order valence-electron chi connectivity index (χ3n) is 2.42. The molecule has 0 fully saturated rings. The van der Waals surface area contributed by atoms with Gasteiger partial charge in [0.05, 0.1) is 17.3 Å². The van der Waals surface area contributed by atoms with E-state index in [1.807, 2.05) is 13.0 Å². The molecule has 0 unspecified atom stereocenters. The van der Waals surface area contributed by atoms with Gasteiger partial charge in [-0.1, -0.05) is 18.5 Å². The van der Waals surface area contributed by atoms with E-state index < -0.39 is 5.82 Å². The van der Waals surface area contributed by atoms with Crippen molar-refractivity contribution < 1.29 is 4.39 Å². The Morgan fingerprint density at radius 1 is 1.37 bits per heavy atom. The van der Waals surface area contributed by atoms with E-state index in [1.54, 1.807) is 0 Å². The van der Waals surface area contributed by atoms with Crippen molar-refractivity contribution in [3.05, 3.63) is 46.6 Å². The lowest BCUT2D eigenvalue weighted by Crippen LogP contribution is -2.01. The molecule has 96 valence electrons. The molecular formula is C13H10ClFN4. The average molecular weight is 277 g/mol. The Balaban J connectivity index is 2.31. The molecule has 0 spiro atoms. The monoisotopic (exact) mass is 276 g/mol. The molecule has 2 aromatic rings. The van der Waals surface area contributed by atoms with Gasteiger partial charge >= 0.3 is 0 Å². The van der Waals surface area contributed by atoms with E-state index in [1.165, 1.54) is 18.2 Å². The number of aryl methyl sites for hydroxylation is 1. The Morgan fingerprint density at radius 2 is 2.16 bits per heavy atom. The third kappa shape index (κ3) is 3.18. The number of nitrogens with zero attached hydrogens (tertiary/aromatic N) is 3. The highest BCUT2D eigenvalue weighted by atomic mass is 35.5. The molecule has 6 heteroatoms. The molecule has 0 atom stereocenters. The molecule has 0 bridgehead atoms. The highest BCUT2D eigenvalue weighted by Gasteiger charge is 2.07. The van der Waals surface area contributed by atoms with Gasteiger partial charge in [0.15, 0.2) is 0 Å². The van der Waals surface area contributed by atoms with Gasteiger partial charge in [-0.05, 0) is 18.2 Å². The maximum atomic E-state index is 13.7. The number of benzene rings is 1. The zero-order valence-corrected chi connectivity index (χ0v) is 10.9. The summed E-state index contributed by atoms with van der Waals surface area (Å²) in [5.74, 6) is 0.469. The molecule has 0 saturated heterocycles. The molecule has 1 aromatic heterocycles. The van der Waals surface area contributed by atoms with Crippen LogP contribution < -0.4 is 5.32 Å². The number of nitrogens with one attached hydrogen (secondary N) is 1. The molecule has 0 amide bonds. The van der Waals surface area contributed by atoms with Gasteiger partial charge in [-0.2, -0.15) is 5.26 Å². The summed E-state index contributed by atoms with van der Waals surface area (Å²) in [5, 5.41) is 11.8. The molecule has 0 saturated carbocycles. The molecule has 2 rings (SSSR count). The summed E-state index contributed by atoms with van der Waals surface area (Å²) in [4.78, 5) is 8.21. The van der Waals surface area contributed by atoms with Gasteiger partial charge in [-0.15, -0.1) is 0 Å². The van der Waals surface area contributed by atoms with Crippen molar-refractivity contribution in [3.8, 4) is 6.07 Å². The van der Waals surface area contributed by atoms with Crippen molar-refractivity contribution in [2.45, 2.75) is 13.3 Å². The van der Waals surface area contributed by atoms with Crippen LogP contribution in [-0.4, -0.2) is 9.97 Å². The first-order valence-electron chi connectivity index (χ1n) is 5.62. The fourth-order valence-corrected chi connectivity index (χ4v) is 1.71. The van der Waals surface area contributed by atoms with E-state index in [2.05, 4.69) is 15.3 Å². The summed E-state index contributed by atoms with van der Waals surface area (Å²) < 4.78 is 13.7. The molecule has 19 heavy (non-hydrogen) atoms. The molecular weight excluding hydrogens is 267 g/mol. The van der Waals surface area contributed by atoms with Gasteiger partial charge in [0.2, 0.25) is 0 Å². The fourth-order valence-electron chi connectivity index (χ4n) is 1.51. The van der Waals surface area contributed by atoms with E-state index in [4.69, 9.17) is 16.9 Å². The molecule has 1 N–H and O–H groups in total. The minimum absolute atomic E-state index is 0.232. The first-order chi connectivity index (χ1) is 9.12. The van der Waals surface area contributed by atoms with Crippen LogP contribution in [-0.2, 0) is 6.42 Å². The summed E-state index contributed by atoms with van der Waals surface area (Å²) in [5.41, 5.74) is 0.494. The van der Waals surface area contributed by atoms with Crippen molar-refractivity contribution in [1.29, 1.82) is 5.26 Å². The smallest absolute Gasteiger partial charge is 0.147 e. The summed E-state index contributed by atoms with van der Waals surface area (Å²) in [7, 11) is 0. The molecule has 0 aliphatic heterocycles. The number of halogens is 2. The number of hydrogen-bond acceptors (Lipinski definition) is 4. The van der Waals surface area contributed by atoms with Crippen molar-refractivity contribution >= 4 is 23.1 Å². The zero-order valence-electron chi connectivity index (χ0n) is 10.1. The Hall–Kier alpha value is -2.19. The van der Waals surface area contributed by atoms with Crippen molar-refractivity contribution in [3.63, 3.8) is 0 Å². The SMILES string of the molecule is CCc1nc(Cl)cc(Nc2ccc(C#N)cc2F)n1. The van der Waals surface area contributed by atoms with Crippen LogP contribution in [0.5, 0.6) is 0 Å². The lowest BCUT2D eigenvalue weighted by atomic mass is 10.2. The Labute approximate surface area is 114 Å². The number of hydrogen-bond donors (Lipinski definition) is 1. The lowest BCUT2D eigenvalue weighted by Gasteiger charge is -2.08. The van der Waals surface area contributed by atoms with Gasteiger partial charge in [0.25, 0.3) is 0 Å². The van der Waals surface area contributed by atoms with E-state index in [0.717, 1.165) is 6.07 Å². The quantitative estimate of drug-likeness (QED) is 0.872. The summed E-state index contributed by atoms with van der Waals surface area (Å²) in [6, 6.07) is 7.55. The second-order valence-electron chi connectivity index (χ2n) is 3.78. The third-order valence-corrected chi connectivity index (χ3v) is 2.61. The van der Waals surface area contributed by atoms with Crippen LogP contribution in [0.4, 0.5) is 15.9 Å². The van der Waals surface area contributed by atoms with Gasteiger partial charge < -0.3 is 5.32 Å². The molecule has 4 nitrogen and oxygen atoms in total. The van der Waals surface area contributed by atoms with Crippen LogP contribution in [0.15, 0.2) is 24.3 Å². The first-order valence-corrected chi connectivity index (χ1v) is 6.00. The normalized spacial score (nSPS) is 10.0.